The number of halogens is 4. The molecule has 4 heterocycles. The number of aryl methyl sites for hydroxylation is 1. The molecule has 1 amide bonds. The minimum atomic E-state index is -0.992. The number of fused-ring (bicyclic) bond motifs is 1. The van der Waals surface area contributed by atoms with E-state index >= 15 is 0 Å². The first-order valence-electron chi connectivity index (χ1n) is 14.0. The Morgan fingerprint density at radius 3 is 2.42 bits per heavy atom. The van der Waals surface area contributed by atoms with Crippen LogP contribution in [0.15, 0.2) is 35.8 Å². The van der Waals surface area contributed by atoms with Crippen LogP contribution in [0.3, 0.4) is 0 Å². The van der Waals surface area contributed by atoms with Crippen LogP contribution in [-0.4, -0.2) is 56.6 Å². The third-order valence-electron chi connectivity index (χ3n) is 7.97. The Hall–Kier alpha value is -4.17. The maximum absolute atomic E-state index is 14.7. The maximum atomic E-state index is 14.7. The van der Waals surface area contributed by atoms with Crippen LogP contribution in [0, 0.1) is 31.0 Å². The molecular formula is C32H28Cl3FN6O3. The topological polar surface area (TPSA) is 115 Å². The maximum Gasteiger partial charge on any atom is 0.276 e. The van der Waals surface area contributed by atoms with Gasteiger partial charge in [-0.3, -0.25) is 19.1 Å². The van der Waals surface area contributed by atoms with Crippen molar-refractivity contribution in [3.63, 3.8) is 0 Å². The molecule has 5 rings (SSSR count). The number of pyridine rings is 3. The number of amides is 1. The molecular weight excluding hydrogens is 642 g/mol. The molecule has 0 bridgehead atoms. The molecule has 4 aromatic rings. The van der Waals surface area contributed by atoms with E-state index in [0.29, 0.717) is 54.2 Å². The summed E-state index contributed by atoms with van der Waals surface area (Å²) >= 11 is 19.2. The van der Waals surface area contributed by atoms with E-state index in [1.165, 1.54) is 17.6 Å². The number of aromatic hydroxyl groups is 1. The summed E-state index contributed by atoms with van der Waals surface area (Å²) < 4.78 is 16.0. The van der Waals surface area contributed by atoms with Crippen LogP contribution in [0.25, 0.3) is 28.0 Å². The van der Waals surface area contributed by atoms with Crippen LogP contribution >= 0.6 is 34.8 Å². The van der Waals surface area contributed by atoms with Crippen LogP contribution in [0.4, 0.5) is 10.1 Å². The summed E-state index contributed by atoms with van der Waals surface area (Å²) in [5.74, 6) is -1.94. The van der Waals surface area contributed by atoms with Crippen LogP contribution in [0.5, 0.6) is 5.75 Å². The zero-order valence-corrected chi connectivity index (χ0v) is 27.1. The van der Waals surface area contributed by atoms with Crippen molar-refractivity contribution in [3.8, 4) is 28.8 Å². The minimum absolute atomic E-state index is 0.000753. The molecule has 45 heavy (non-hydrogen) atoms. The molecule has 0 spiro atoms. The van der Waals surface area contributed by atoms with Crippen LogP contribution in [0.2, 0.25) is 15.1 Å². The summed E-state index contributed by atoms with van der Waals surface area (Å²) in [5, 5.41) is 20.9. The molecule has 0 saturated carbocycles. The number of phenols is 1. The highest BCUT2D eigenvalue weighted by atomic mass is 35.5. The van der Waals surface area contributed by atoms with Crippen LogP contribution < -0.4 is 10.5 Å². The average molecular weight is 670 g/mol. The SMILES string of the molecule is C=CC(=O)N1CCN(c2c(C#N)c(=O)n(-c3c(C)ccnc3C(C)C)c3nc(-c4c(C)c(Cl)c(F)c(Cl)c4O)c(Cl)cc23)CC1. The third-order valence-corrected chi connectivity index (χ3v) is 9.05. The molecule has 0 aliphatic carbocycles. The fourth-order valence-electron chi connectivity index (χ4n) is 5.70. The average Bonchev–Trinajstić information content (AvgIpc) is 3.02. The number of nitrogens with zero attached hydrogens (tertiary/aromatic N) is 6. The molecule has 3 aromatic heterocycles. The van der Waals surface area contributed by atoms with Crippen molar-refractivity contribution in [3.05, 3.63) is 84.6 Å². The highest BCUT2D eigenvalue weighted by Gasteiger charge is 2.31. The van der Waals surface area contributed by atoms with Gasteiger partial charge in [-0.15, -0.1) is 0 Å². The van der Waals surface area contributed by atoms with Gasteiger partial charge >= 0.3 is 0 Å². The van der Waals surface area contributed by atoms with E-state index in [4.69, 9.17) is 39.8 Å². The lowest BCUT2D eigenvalue weighted by Gasteiger charge is -2.36. The van der Waals surface area contributed by atoms with Gasteiger partial charge in [-0.2, -0.15) is 5.26 Å². The molecule has 0 radical (unpaired) electrons. The number of rotatable bonds is 5. The number of anilines is 1. The molecule has 232 valence electrons. The van der Waals surface area contributed by atoms with Gasteiger partial charge in [0.15, 0.2) is 5.82 Å². The number of carbonyl (C=O) groups is 1. The smallest absolute Gasteiger partial charge is 0.276 e. The van der Waals surface area contributed by atoms with E-state index in [1.54, 1.807) is 23.2 Å². The lowest BCUT2D eigenvalue weighted by atomic mass is 10.0. The first kappa shape index (κ1) is 32.2. The molecule has 1 N–H and O–H groups in total. The van der Waals surface area contributed by atoms with E-state index in [1.807, 2.05) is 25.7 Å². The van der Waals surface area contributed by atoms with Crippen molar-refractivity contribution in [2.75, 3.05) is 31.1 Å². The Labute approximate surface area is 273 Å². The van der Waals surface area contributed by atoms with E-state index in [2.05, 4.69) is 17.6 Å². The summed E-state index contributed by atoms with van der Waals surface area (Å²) in [6, 6.07) is 5.41. The molecule has 1 aliphatic heterocycles. The van der Waals surface area contributed by atoms with Gasteiger partial charge in [-0.05, 0) is 49.1 Å². The van der Waals surface area contributed by atoms with Crippen molar-refractivity contribution in [1.29, 1.82) is 5.26 Å². The van der Waals surface area contributed by atoms with Gasteiger partial charge in [0.05, 0.1) is 32.8 Å². The Bertz CT molecular complexity index is 1980. The molecule has 0 atom stereocenters. The number of piperazine rings is 1. The second kappa shape index (κ2) is 12.3. The molecule has 13 heteroatoms. The number of benzene rings is 1. The first-order valence-corrected chi connectivity index (χ1v) is 15.1. The number of nitriles is 1. The van der Waals surface area contributed by atoms with Crippen molar-refractivity contribution in [1.82, 2.24) is 19.4 Å². The second-order valence-electron chi connectivity index (χ2n) is 11.0. The highest BCUT2D eigenvalue weighted by Crippen LogP contribution is 2.46. The first-order chi connectivity index (χ1) is 21.3. The Kier molecular flexibility index (Phi) is 8.82. The van der Waals surface area contributed by atoms with Crippen LogP contribution in [-0.2, 0) is 4.79 Å². The third kappa shape index (κ3) is 5.29. The normalized spacial score (nSPS) is 13.4. The van der Waals surface area contributed by atoms with Gasteiger partial charge in [0.25, 0.3) is 5.56 Å². The van der Waals surface area contributed by atoms with E-state index in [0.717, 1.165) is 0 Å². The molecule has 1 aromatic carbocycles. The summed E-state index contributed by atoms with van der Waals surface area (Å²) in [5.41, 5.74) is 1.52. The van der Waals surface area contributed by atoms with Gasteiger partial charge in [-0.25, -0.2) is 9.37 Å². The summed E-state index contributed by atoms with van der Waals surface area (Å²) in [4.78, 5) is 39.6. The number of hydrogen-bond acceptors (Lipinski definition) is 7. The zero-order chi connectivity index (χ0) is 32.9. The van der Waals surface area contributed by atoms with Crippen LogP contribution in [0.1, 0.15) is 42.1 Å². The molecule has 1 aliphatic rings. The van der Waals surface area contributed by atoms with Crippen molar-refractivity contribution < 1.29 is 14.3 Å². The Morgan fingerprint density at radius 1 is 1.16 bits per heavy atom. The number of aromatic nitrogens is 3. The number of carbonyl (C=O) groups excluding carboxylic acids is 1. The standard InChI is InChI=1S/C32H28Cl3FN6O3/c1-6-21(43)40-9-11-41(12-10-40)29-18-13-20(33)27(22-17(5)23(34)25(36)24(35)30(22)44)39-31(18)42(32(45)19(29)14-37)28-16(4)7-8-38-26(28)15(2)3/h6-8,13,15,44H,1,9-12H2,2-5H3. The lowest BCUT2D eigenvalue weighted by Crippen LogP contribution is -2.49. The fourth-order valence-corrected chi connectivity index (χ4v) is 6.37. The minimum Gasteiger partial charge on any atom is -0.506 e. The fraction of sp³-hybridized carbons (Fsp3) is 0.281. The lowest BCUT2D eigenvalue weighted by molar-refractivity contribution is -0.126. The molecule has 0 unspecified atom stereocenters. The van der Waals surface area contributed by atoms with Gasteiger partial charge in [0.2, 0.25) is 5.91 Å². The van der Waals surface area contributed by atoms with Gasteiger partial charge in [0, 0.05) is 43.3 Å². The van der Waals surface area contributed by atoms with Crippen molar-refractivity contribution in [2.45, 2.75) is 33.6 Å². The van der Waals surface area contributed by atoms with E-state index in [9.17, 15) is 24.3 Å². The quantitative estimate of drug-likeness (QED) is 0.186. The van der Waals surface area contributed by atoms with Crippen molar-refractivity contribution >= 4 is 57.4 Å². The van der Waals surface area contributed by atoms with Gasteiger partial charge in [-0.1, -0.05) is 55.2 Å². The van der Waals surface area contributed by atoms with E-state index < -0.39 is 22.1 Å². The summed E-state index contributed by atoms with van der Waals surface area (Å²) in [6.07, 6.45) is 2.89. The predicted octanol–water partition coefficient (Wildman–Crippen LogP) is 6.70. The van der Waals surface area contributed by atoms with Gasteiger partial charge < -0.3 is 14.9 Å². The Morgan fingerprint density at radius 2 is 1.82 bits per heavy atom. The molecule has 9 nitrogen and oxygen atoms in total. The number of hydrogen-bond donors (Lipinski definition) is 1. The van der Waals surface area contributed by atoms with Crippen molar-refractivity contribution in [2.24, 2.45) is 0 Å². The molecule has 1 fully saturated rings. The number of phenolic OH excluding ortho intramolecular Hbond substituents is 1. The largest absolute Gasteiger partial charge is 0.506 e. The summed E-state index contributed by atoms with van der Waals surface area (Å²) in [6.45, 7) is 12.0. The highest BCUT2D eigenvalue weighted by molar-refractivity contribution is 6.38. The summed E-state index contributed by atoms with van der Waals surface area (Å²) in [7, 11) is 0. The predicted molar refractivity (Wildman–Crippen MR) is 174 cm³/mol. The zero-order valence-electron chi connectivity index (χ0n) is 24.9. The second-order valence-corrected chi connectivity index (χ2v) is 12.2. The van der Waals surface area contributed by atoms with E-state index in [-0.39, 0.29) is 49.9 Å². The van der Waals surface area contributed by atoms with Gasteiger partial charge in [0.1, 0.15) is 28.1 Å². The monoisotopic (exact) mass is 668 g/mol. The molecule has 1 saturated heterocycles. The Balaban J connectivity index is 1.93.